The topological polar surface area (TPSA) is 61.4 Å². The second kappa shape index (κ2) is 12.5. The maximum absolute atomic E-state index is 12.7. The number of nitrogens with one attached hydrogen (secondary N) is 2. The predicted molar refractivity (Wildman–Crippen MR) is 126 cm³/mol. The highest BCUT2D eigenvalue weighted by Crippen LogP contribution is 2.16. The Bertz CT molecular complexity index is 789. The van der Waals surface area contributed by atoms with Crippen LogP contribution in [0.5, 0.6) is 0 Å². The van der Waals surface area contributed by atoms with Gasteiger partial charge in [-0.25, -0.2) is 0 Å². The lowest BCUT2D eigenvalue weighted by atomic mass is 10.1. The van der Waals surface area contributed by atoms with Gasteiger partial charge in [-0.2, -0.15) is 11.8 Å². The van der Waals surface area contributed by atoms with Crippen molar-refractivity contribution >= 4 is 45.2 Å². The summed E-state index contributed by atoms with van der Waals surface area (Å²) in [5, 5.41) is 5.85. The van der Waals surface area contributed by atoms with Gasteiger partial charge in [0.2, 0.25) is 5.91 Å². The number of halogens is 1. The van der Waals surface area contributed by atoms with E-state index in [0.29, 0.717) is 23.0 Å². The van der Waals surface area contributed by atoms with Crippen LogP contribution in [-0.2, 0) is 4.79 Å². The molecule has 7 heteroatoms. The number of carbonyl (C=O) groups excluding carboxylic acids is 2. The first-order valence-corrected chi connectivity index (χ1v) is 11.8. The maximum Gasteiger partial charge on any atom is 0.253 e. The highest BCUT2D eigenvalue weighted by atomic mass is 79.9. The monoisotopic (exact) mass is 477 g/mol. The SMILES string of the molecule is CSCCC(NC(=O)c1ccccc1Br)C(=O)NCCCN(C)c1ccccc1. The zero-order valence-corrected chi connectivity index (χ0v) is 19.3. The first-order chi connectivity index (χ1) is 14.0. The highest BCUT2D eigenvalue weighted by Gasteiger charge is 2.21. The minimum absolute atomic E-state index is 0.137. The number of thioether (sulfide) groups is 1. The Morgan fingerprint density at radius 1 is 1.10 bits per heavy atom. The van der Waals surface area contributed by atoms with Crippen LogP contribution in [0.15, 0.2) is 59.1 Å². The molecule has 1 unspecified atom stereocenters. The minimum Gasteiger partial charge on any atom is -0.375 e. The summed E-state index contributed by atoms with van der Waals surface area (Å²) >= 11 is 5.05. The van der Waals surface area contributed by atoms with Gasteiger partial charge in [0, 0.05) is 30.3 Å². The number of rotatable bonds is 11. The van der Waals surface area contributed by atoms with E-state index in [0.717, 1.165) is 24.4 Å². The molecule has 2 aromatic carbocycles. The van der Waals surface area contributed by atoms with Crippen LogP contribution in [0.3, 0.4) is 0 Å². The zero-order chi connectivity index (χ0) is 21.1. The van der Waals surface area contributed by atoms with Crippen molar-refractivity contribution in [3.63, 3.8) is 0 Å². The van der Waals surface area contributed by atoms with Crippen molar-refractivity contribution in [3.05, 3.63) is 64.6 Å². The van der Waals surface area contributed by atoms with Crippen molar-refractivity contribution < 1.29 is 9.59 Å². The number of hydrogen-bond acceptors (Lipinski definition) is 4. The lowest BCUT2D eigenvalue weighted by Crippen LogP contribution is -2.47. The molecule has 2 rings (SSSR count). The summed E-state index contributed by atoms with van der Waals surface area (Å²) < 4.78 is 0.713. The molecule has 0 saturated heterocycles. The molecule has 0 aromatic heterocycles. The molecule has 2 N–H and O–H groups in total. The van der Waals surface area contributed by atoms with Crippen LogP contribution < -0.4 is 15.5 Å². The lowest BCUT2D eigenvalue weighted by molar-refractivity contribution is -0.123. The molecule has 0 spiro atoms. The maximum atomic E-state index is 12.7. The summed E-state index contributed by atoms with van der Waals surface area (Å²) in [6.45, 7) is 1.40. The fourth-order valence-electron chi connectivity index (χ4n) is 2.85. The van der Waals surface area contributed by atoms with Gasteiger partial charge in [-0.1, -0.05) is 30.3 Å². The Hall–Kier alpha value is -1.99. The average molecular weight is 478 g/mol. The molecule has 0 heterocycles. The molecule has 0 bridgehead atoms. The van der Waals surface area contributed by atoms with Gasteiger partial charge in [-0.15, -0.1) is 0 Å². The first-order valence-electron chi connectivity index (χ1n) is 9.61. The number of hydrogen-bond donors (Lipinski definition) is 2. The Kier molecular flexibility index (Phi) is 10.1. The van der Waals surface area contributed by atoms with Crippen LogP contribution in [-0.4, -0.2) is 50.0 Å². The average Bonchev–Trinajstić information content (AvgIpc) is 2.74. The van der Waals surface area contributed by atoms with Crippen molar-refractivity contribution in [2.45, 2.75) is 18.9 Å². The van der Waals surface area contributed by atoms with Crippen molar-refractivity contribution in [2.24, 2.45) is 0 Å². The van der Waals surface area contributed by atoms with E-state index in [4.69, 9.17) is 0 Å². The quantitative estimate of drug-likeness (QED) is 0.481. The van der Waals surface area contributed by atoms with Gasteiger partial charge >= 0.3 is 0 Å². The number of nitrogens with zero attached hydrogens (tertiary/aromatic N) is 1. The fourth-order valence-corrected chi connectivity index (χ4v) is 3.78. The standard InChI is InChI=1S/C22H28BrN3O2S/c1-26(17-9-4-3-5-10-17)15-8-14-24-22(28)20(13-16-29-2)25-21(27)18-11-6-7-12-19(18)23/h3-7,9-12,20H,8,13-16H2,1-2H3,(H,24,28)(H,25,27). The van der Waals surface area contributed by atoms with E-state index in [9.17, 15) is 9.59 Å². The summed E-state index contributed by atoms with van der Waals surface area (Å²) in [5.41, 5.74) is 1.68. The third-order valence-electron chi connectivity index (χ3n) is 4.52. The normalized spacial score (nSPS) is 11.6. The smallest absolute Gasteiger partial charge is 0.253 e. The summed E-state index contributed by atoms with van der Waals surface area (Å²) in [6.07, 6.45) is 3.40. The van der Waals surface area contributed by atoms with Gasteiger partial charge in [0.15, 0.2) is 0 Å². The second-order valence-corrected chi connectivity index (χ2v) is 8.53. The van der Waals surface area contributed by atoms with E-state index in [1.54, 1.807) is 23.9 Å². The molecular formula is C22H28BrN3O2S. The molecule has 0 aliphatic rings. The molecule has 2 aromatic rings. The molecule has 0 saturated carbocycles. The van der Waals surface area contributed by atoms with Crippen LogP contribution in [0.25, 0.3) is 0 Å². The number of carbonyl (C=O) groups is 2. The Morgan fingerprint density at radius 3 is 2.48 bits per heavy atom. The molecule has 5 nitrogen and oxygen atoms in total. The Morgan fingerprint density at radius 2 is 1.79 bits per heavy atom. The largest absolute Gasteiger partial charge is 0.375 e. The molecule has 0 aliphatic heterocycles. The Labute approximate surface area is 185 Å². The van der Waals surface area contributed by atoms with Gasteiger partial charge in [-0.05, 0) is 65.0 Å². The van der Waals surface area contributed by atoms with Crippen molar-refractivity contribution in [3.8, 4) is 0 Å². The van der Waals surface area contributed by atoms with E-state index in [1.165, 1.54) is 0 Å². The number of para-hydroxylation sites is 1. The number of anilines is 1. The van der Waals surface area contributed by atoms with Crippen LogP contribution in [0.1, 0.15) is 23.2 Å². The summed E-state index contributed by atoms with van der Waals surface area (Å²) in [6, 6.07) is 16.8. The molecule has 2 amide bonds. The van der Waals surface area contributed by atoms with Crippen molar-refractivity contribution in [1.29, 1.82) is 0 Å². The molecule has 0 radical (unpaired) electrons. The van der Waals surface area contributed by atoms with E-state index >= 15 is 0 Å². The predicted octanol–water partition coefficient (Wildman–Crippen LogP) is 3.94. The van der Waals surface area contributed by atoms with Gasteiger partial charge in [0.1, 0.15) is 6.04 Å². The van der Waals surface area contributed by atoms with Crippen molar-refractivity contribution in [2.75, 3.05) is 37.0 Å². The van der Waals surface area contributed by atoms with Crippen LogP contribution in [0, 0.1) is 0 Å². The van der Waals surface area contributed by atoms with E-state index < -0.39 is 6.04 Å². The van der Waals surface area contributed by atoms with Crippen LogP contribution in [0.2, 0.25) is 0 Å². The molecular weight excluding hydrogens is 450 g/mol. The van der Waals surface area contributed by atoms with E-state index in [1.807, 2.05) is 43.6 Å². The zero-order valence-electron chi connectivity index (χ0n) is 16.9. The third kappa shape index (κ3) is 7.74. The summed E-state index contributed by atoms with van der Waals surface area (Å²) in [4.78, 5) is 27.4. The van der Waals surface area contributed by atoms with E-state index in [-0.39, 0.29) is 11.8 Å². The number of benzene rings is 2. The molecule has 0 fully saturated rings. The fraction of sp³-hybridized carbons (Fsp3) is 0.364. The van der Waals surface area contributed by atoms with Gasteiger partial charge in [0.25, 0.3) is 5.91 Å². The van der Waals surface area contributed by atoms with Crippen LogP contribution >= 0.6 is 27.7 Å². The molecule has 156 valence electrons. The summed E-state index contributed by atoms with van der Waals surface area (Å²) in [5.74, 6) is 0.412. The number of amides is 2. The third-order valence-corrected chi connectivity index (χ3v) is 5.85. The van der Waals surface area contributed by atoms with Gasteiger partial charge in [-0.3, -0.25) is 9.59 Å². The molecule has 0 aliphatic carbocycles. The molecule has 29 heavy (non-hydrogen) atoms. The Balaban J connectivity index is 1.84. The highest BCUT2D eigenvalue weighted by molar-refractivity contribution is 9.10. The first kappa shape index (κ1) is 23.3. The van der Waals surface area contributed by atoms with E-state index in [2.05, 4.69) is 43.6 Å². The summed E-state index contributed by atoms with van der Waals surface area (Å²) in [7, 11) is 2.04. The van der Waals surface area contributed by atoms with Crippen molar-refractivity contribution in [1.82, 2.24) is 10.6 Å². The lowest BCUT2D eigenvalue weighted by Gasteiger charge is -2.21. The van der Waals surface area contributed by atoms with Gasteiger partial charge in [0.05, 0.1) is 5.56 Å². The van der Waals surface area contributed by atoms with Crippen LogP contribution in [0.4, 0.5) is 5.69 Å². The second-order valence-electron chi connectivity index (χ2n) is 6.69. The van der Waals surface area contributed by atoms with Gasteiger partial charge < -0.3 is 15.5 Å². The minimum atomic E-state index is -0.547. The molecule has 1 atom stereocenters.